The van der Waals surface area contributed by atoms with Gasteiger partial charge in [-0.25, -0.2) is 0 Å². The van der Waals surface area contributed by atoms with Crippen molar-refractivity contribution >= 4 is 5.97 Å². The quantitative estimate of drug-likeness (QED) is 0.505. The first-order valence-electron chi connectivity index (χ1n) is 3.05. The third-order valence-electron chi connectivity index (χ3n) is 1.49. The van der Waals surface area contributed by atoms with E-state index in [1.165, 1.54) is 0 Å². The molecule has 1 aliphatic heterocycles. The van der Waals surface area contributed by atoms with Crippen molar-refractivity contribution < 1.29 is 14.6 Å². The highest BCUT2D eigenvalue weighted by atomic mass is 16.6. The maximum absolute atomic E-state index is 10.6. The maximum Gasteiger partial charge on any atom is 0.311 e. The van der Waals surface area contributed by atoms with Gasteiger partial charge in [-0.15, -0.1) is 0 Å². The Morgan fingerprint density at radius 1 is 1.89 bits per heavy atom. The van der Waals surface area contributed by atoms with E-state index in [4.69, 9.17) is 9.84 Å². The van der Waals surface area contributed by atoms with Crippen molar-refractivity contribution in [3.05, 3.63) is 0 Å². The lowest BCUT2D eigenvalue weighted by molar-refractivity contribution is -0.144. The third-order valence-corrected chi connectivity index (χ3v) is 1.49. The van der Waals surface area contributed by atoms with Gasteiger partial charge in [0.25, 0.3) is 0 Å². The first-order valence-corrected chi connectivity index (χ1v) is 3.05. The molecule has 1 aliphatic rings. The summed E-state index contributed by atoms with van der Waals surface area (Å²) in [5.41, 5.74) is 0. The van der Waals surface area contributed by atoms with Crippen LogP contribution in [0.2, 0.25) is 0 Å². The molecular weight excluding hydrogens is 120 g/mol. The Kier molecular flexibility index (Phi) is 1.71. The third kappa shape index (κ3) is 1.21. The molecule has 1 heterocycles. The van der Waals surface area contributed by atoms with E-state index in [0.717, 1.165) is 0 Å². The van der Waals surface area contributed by atoms with Crippen molar-refractivity contribution in [2.75, 3.05) is 6.61 Å². The van der Waals surface area contributed by atoms with E-state index in [-0.39, 0.29) is 24.6 Å². The molecule has 1 fully saturated rings. The van der Waals surface area contributed by atoms with E-state index in [9.17, 15) is 4.79 Å². The van der Waals surface area contributed by atoms with E-state index < -0.39 is 0 Å². The monoisotopic (exact) mass is 130 g/mol. The summed E-state index contributed by atoms with van der Waals surface area (Å²) < 4.78 is 4.77. The highest BCUT2D eigenvalue weighted by Crippen LogP contribution is 2.19. The van der Waals surface area contributed by atoms with E-state index in [1.54, 1.807) is 0 Å². The van der Waals surface area contributed by atoms with Crippen LogP contribution in [0.4, 0.5) is 0 Å². The van der Waals surface area contributed by atoms with Gasteiger partial charge in [0.15, 0.2) is 0 Å². The second-order valence-corrected chi connectivity index (χ2v) is 2.36. The van der Waals surface area contributed by atoms with Gasteiger partial charge in [-0.05, 0) is 13.3 Å². The molecule has 1 N–H and O–H groups in total. The Labute approximate surface area is 53.6 Å². The van der Waals surface area contributed by atoms with Crippen LogP contribution in [0.25, 0.3) is 0 Å². The Bertz CT molecular complexity index is 121. The van der Waals surface area contributed by atoms with Gasteiger partial charge in [-0.1, -0.05) is 0 Å². The van der Waals surface area contributed by atoms with Crippen LogP contribution in [-0.2, 0) is 9.53 Å². The Hall–Kier alpha value is -0.570. The minimum absolute atomic E-state index is 0.00495. The highest BCUT2D eigenvalue weighted by Gasteiger charge is 2.30. The molecule has 0 aliphatic carbocycles. The maximum atomic E-state index is 10.6. The molecule has 0 spiro atoms. The molecule has 1 rings (SSSR count). The van der Waals surface area contributed by atoms with Crippen LogP contribution < -0.4 is 0 Å². The number of hydrogen-bond acceptors (Lipinski definition) is 3. The van der Waals surface area contributed by atoms with Gasteiger partial charge >= 0.3 is 5.97 Å². The van der Waals surface area contributed by atoms with Crippen LogP contribution in [0.1, 0.15) is 13.3 Å². The average Bonchev–Trinajstić information content (AvgIpc) is 2.10. The summed E-state index contributed by atoms with van der Waals surface area (Å²) in [6.45, 7) is 1.75. The first kappa shape index (κ1) is 6.55. The number of cyclic esters (lactones) is 1. The molecular formula is C6H10O3. The molecule has 3 nitrogen and oxygen atoms in total. The van der Waals surface area contributed by atoms with Gasteiger partial charge in [0, 0.05) is 0 Å². The number of aliphatic hydroxyl groups excluding tert-OH is 1. The number of carbonyl (C=O) groups is 1. The van der Waals surface area contributed by atoms with E-state index >= 15 is 0 Å². The van der Waals surface area contributed by atoms with Crippen molar-refractivity contribution in [3.63, 3.8) is 0 Å². The molecule has 0 aromatic carbocycles. The van der Waals surface area contributed by atoms with Crippen molar-refractivity contribution in [3.8, 4) is 0 Å². The molecule has 0 radical (unpaired) electrons. The predicted octanol–water partition coefficient (Wildman–Crippen LogP) is -0.0697. The zero-order valence-corrected chi connectivity index (χ0v) is 5.33. The molecule has 0 amide bonds. The van der Waals surface area contributed by atoms with Gasteiger partial charge in [0.2, 0.25) is 0 Å². The lowest BCUT2D eigenvalue weighted by Crippen LogP contribution is -2.11. The van der Waals surface area contributed by atoms with Gasteiger partial charge in [0.1, 0.15) is 0 Å². The van der Waals surface area contributed by atoms with Crippen LogP contribution in [0.15, 0.2) is 0 Å². The Morgan fingerprint density at radius 2 is 2.56 bits per heavy atom. The van der Waals surface area contributed by atoms with Crippen LogP contribution in [0, 0.1) is 5.92 Å². The van der Waals surface area contributed by atoms with E-state index in [1.807, 2.05) is 6.92 Å². The van der Waals surface area contributed by atoms with Gasteiger partial charge in [-0.3, -0.25) is 4.79 Å². The van der Waals surface area contributed by atoms with Crippen molar-refractivity contribution in [2.24, 2.45) is 5.92 Å². The number of hydrogen-bond donors (Lipinski definition) is 1. The molecule has 0 saturated carbocycles. The average molecular weight is 130 g/mol. The molecule has 3 heteroatoms. The van der Waals surface area contributed by atoms with E-state index in [0.29, 0.717) is 6.42 Å². The lowest BCUT2D eigenvalue weighted by atomic mass is 10.1. The number of aliphatic hydroxyl groups is 1. The molecule has 0 aromatic heterocycles. The zero-order valence-electron chi connectivity index (χ0n) is 5.33. The van der Waals surface area contributed by atoms with Gasteiger partial charge in [-0.2, -0.15) is 0 Å². The second-order valence-electron chi connectivity index (χ2n) is 2.36. The normalized spacial score (nSPS) is 34.7. The minimum Gasteiger partial charge on any atom is -0.462 e. The first-order chi connectivity index (χ1) is 4.24. The molecule has 0 aromatic rings. The molecule has 2 atom stereocenters. The fourth-order valence-corrected chi connectivity index (χ4v) is 0.989. The topological polar surface area (TPSA) is 46.5 Å². The van der Waals surface area contributed by atoms with Gasteiger partial charge < -0.3 is 9.84 Å². The number of carbonyl (C=O) groups excluding carboxylic acids is 1. The van der Waals surface area contributed by atoms with Crippen LogP contribution in [-0.4, -0.2) is 23.8 Å². The number of ether oxygens (including phenoxy) is 1. The summed E-state index contributed by atoms with van der Waals surface area (Å²) in [6, 6.07) is 0. The van der Waals surface area contributed by atoms with Crippen LogP contribution in [0.5, 0.6) is 0 Å². The molecule has 0 bridgehead atoms. The zero-order chi connectivity index (χ0) is 6.85. The Morgan fingerprint density at radius 3 is 2.78 bits per heavy atom. The Balaban J connectivity index is 2.48. The van der Waals surface area contributed by atoms with Gasteiger partial charge in [0.05, 0.1) is 18.6 Å². The fourth-order valence-electron chi connectivity index (χ4n) is 0.989. The summed E-state index contributed by atoms with van der Waals surface area (Å²) in [7, 11) is 0. The number of rotatable bonds is 1. The van der Waals surface area contributed by atoms with Crippen LogP contribution >= 0.6 is 0 Å². The van der Waals surface area contributed by atoms with Crippen molar-refractivity contribution in [1.82, 2.24) is 0 Å². The predicted molar refractivity (Wildman–Crippen MR) is 30.7 cm³/mol. The SMILES string of the molecule is C[C@H]1CC(CO)C(=O)O1. The molecule has 1 saturated heterocycles. The van der Waals surface area contributed by atoms with Crippen molar-refractivity contribution in [2.45, 2.75) is 19.4 Å². The molecule has 9 heavy (non-hydrogen) atoms. The largest absolute Gasteiger partial charge is 0.462 e. The summed E-state index contributed by atoms with van der Waals surface area (Å²) in [5, 5.41) is 8.55. The standard InChI is InChI=1S/C6H10O3/c1-4-2-5(3-7)6(8)9-4/h4-5,7H,2-3H2,1H3/t4-,5?/m0/s1. The fraction of sp³-hybridized carbons (Fsp3) is 0.833. The second kappa shape index (κ2) is 2.35. The highest BCUT2D eigenvalue weighted by molar-refractivity contribution is 5.74. The number of esters is 1. The molecule has 52 valence electrons. The van der Waals surface area contributed by atoms with E-state index in [2.05, 4.69) is 0 Å². The lowest BCUT2D eigenvalue weighted by Gasteiger charge is -1.95. The smallest absolute Gasteiger partial charge is 0.311 e. The minimum atomic E-state index is -0.264. The summed E-state index contributed by atoms with van der Waals surface area (Å²) >= 11 is 0. The van der Waals surface area contributed by atoms with Crippen LogP contribution in [0.3, 0.4) is 0 Å². The van der Waals surface area contributed by atoms with Crippen molar-refractivity contribution in [1.29, 1.82) is 0 Å². The summed E-state index contributed by atoms with van der Waals surface area (Å²) in [4.78, 5) is 10.6. The summed E-state index contributed by atoms with van der Waals surface area (Å²) in [5.74, 6) is -0.523. The molecule has 1 unspecified atom stereocenters. The summed E-state index contributed by atoms with van der Waals surface area (Å²) in [6.07, 6.45) is 0.657.